The second-order valence-corrected chi connectivity index (χ2v) is 5.13. The van der Waals surface area contributed by atoms with Crippen molar-refractivity contribution in [2.24, 2.45) is 5.92 Å². The summed E-state index contributed by atoms with van der Waals surface area (Å²) in [4.78, 5) is 11.7. The van der Waals surface area contributed by atoms with Crippen molar-refractivity contribution in [1.82, 2.24) is 5.32 Å². The van der Waals surface area contributed by atoms with Crippen LogP contribution in [0, 0.1) is 5.92 Å². The smallest absolute Gasteiger partial charge is 0.220 e. The maximum atomic E-state index is 11.7. The molecule has 1 atom stereocenters. The van der Waals surface area contributed by atoms with Crippen molar-refractivity contribution >= 4 is 11.6 Å². The van der Waals surface area contributed by atoms with Gasteiger partial charge in [0.25, 0.3) is 0 Å². The summed E-state index contributed by atoms with van der Waals surface area (Å²) in [5.74, 6) is 0.594. The van der Waals surface area contributed by atoms with Gasteiger partial charge in [-0.1, -0.05) is 12.1 Å². The van der Waals surface area contributed by atoms with Gasteiger partial charge >= 0.3 is 0 Å². The Kier molecular flexibility index (Phi) is 5.21. The summed E-state index contributed by atoms with van der Waals surface area (Å²) in [6.07, 6.45) is 3.54. The van der Waals surface area contributed by atoms with Gasteiger partial charge in [0.05, 0.1) is 6.61 Å². The quantitative estimate of drug-likeness (QED) is 0.794. The average Bonchev–Trinajstić information content (AvgIpc) is 2.45. The largest absolute Gasteiger partial charge is 0.399 e. The van der Waals surface area contributed by atoms with Gasteiger partial charge in [0.15, 0.2) is 0 Å². The van der Waals surface area contributed by atoms with E-state index in [1.807, 2.05) is 24.3 Å². The molecule has 1 aliphatic rings. The highest BCUT2D eigenvalue weighted by atomic mass is 16.5. The number of aryl methyl sites for hydroxylation is 1. The van der Waals surface area contributed by atoms with Crippen LogP contribution in [0.5, 0.6) is 0 Å². The Hall–Kier alpha value is -1.55. The molecule has 0 aliphatic carbocycles. The number of anilines is 1. The Morgan fingerprint density at radius 3 is 2.84 bits per heavy atom. The highest BCUT2D eigenvalue weighted by Gasteiger charge is 2.14. The zero-order valence-electron chi connectivity index (χ0n) is 11.2. The van der Waals surface area contributed by atoms with E-state index < -0.39 is 0 Å². The van der Waals surface area contributed by atoms with Crippen molar-refractivity contribution in [3.05, 3.63) is 29.8 Å². The van der Waals surface area contributed by atoms with E-state index in [2.05, 4.69) is 5.32 Å². The summed E-state index contributed by atoms with van der Waals surface area (Å²) in [6.45, 7) is 2.38. The minimum atomic E-state index is 0.113. The van der Waals surface area contributed by atoms with Gasteiger partial charge in [-0.2, -0.15) is 0 Å². The number of amides is 1. The van der Waals surface area contributed by atoms with E-state index in [-0.39, 0.29) is 5.91 Å². The number of carbonyl (C=O) groups excluding carboxylic acids is 1. The summed E-state index contributed by atoms with van der Waals surface area (Å²) >= 11 is 0. The molecule has 19 heavy (non-hydrogen) atoms. The molecule has 4 nitrogen and oxygen atoms in total. The van der Waals surface area contributed by atoms with Gasteiger partial charge in [-0.05, 0) is 42.9 Å². The van der Waals surface area contributed by atoms with Gasteiger partial charge in [-0.15, -0.1) is 0 Å². The van der Waals surface area contributed by atoms with Crippen molar-refractivity contribution in [1.29, 1.82) is 0 Å². The summed E-state index contributed by atoms with van der Waals surface area (Å²) in [7, 11) is 0. The van der Waals surface area contributed by atoms with Crippen LogP contribution in [0.4, 0.5) is 5.69 Å². The van der Waals surface area contributed by atoms with E-state index in [0.29, 0.717) is 12.3 Å². The predicted octanol–water partition coefficient (Wildman–Crippen LogP) is 1.74. The number of hydrogen-bond acceptors (Lipinski definition) is 3. The van der Waals surface area contributed by atoms with E-state index in [1.54, 1.807) is 0 Å². The second kappa shape index (κ2) is 7.14. The number of nitrogen functional groups attached to an aromatic ring is 1. The first kappa shape index (κ1) is 13.9. The maximum absolute atomic E-state index is 11.7. The zero-order chi connectivity index (χ0) is 13.5. The molecule has 1 aliphatic heterocycles. The first-order valence-electron chi connectivity index (χ1n) is 6.93. The first-order valence-corrected chi connectivity index (χ1v) is 6.93. The zero-order valence-corrected chi connectivity index (χ0v) is 11.2. The highest BCUT2D eigenvalue weighted by molar-refractivity contribution is 5.76. The number of nitrogens with one attached hydrogen (secondary N) is 1. The SMILES string of the molecule is Nc1ccc(CCC(=O)NCC2CCCOC2)cc1. The van der Waals surface area contributed by atoms with Crippen LogP contribution in [0.15, 0.2) is 24.3 Å². The highest BCUT2D eigenvalue weighted by Crippen LogP contribution is 2.12. The van der Waals surface area contributed by atoms with Gasteiger partial charge in [0.1, 0.15) is 0 Å². The Balaban J connectivity index is 1.65. The molecule has 1 aromatic carbocycles. The van der Waals surface area contributed by atoms with Crippen LogP contribution < -0.4 is 11.1 Å². The number of carbonyl (C=O) groups is 1. The lowest BCUT2D eigenvalue weighted by molar-refractivity contribution is -0.121. The predicted molar refractivity (Wildman–Crippen MR) is 75.7 cm³/mol. The normalized spacial score (nSPS) is 19.1. The summed E-state index contributed by atoms with van der Waals surface area (Å²) < 4.78 is 5.39. The third-order valence-electron chi connectivity index (χ3n) is 3.46. The molecule has 1 amide bonds. The number of nitrogens with two attached hydrogens (primary N) is 1. The first-order chi connectivity index (χ1) is 9.24. The van der Waals surface area contributed by atoms with Gasteiger partial charge in [-0.3, -0.25) is 4.79 Å². The number of ether oxygens (including phenoxy) is 1. The summed E-state index contributed by atoms with van der Waals surface area (Å²) in [6, 6.07) is 7.67. The molecular weight excluding hydrogens is 240 g/mol. The minimum absolute atomic E-state index is 0.113. The van der Waals surface area contributed by atoms with E-state index in [0.717, 1.165) is 50.3 Å². The lowest BCUT2D eigenvalue weighted by Gasteiger charge is -2.22. The molecule has 1 aromatic rings. The Labute approximate surface area is 114 Å². The van der Waals surface area contributed by atoms with Crippen LogP contribution in [-0.4, -0.2) is 25.7 Å². The van der Waals surface area contributed by atoms with Crippen molar-refractivity contribution in [3.8, 4) is 0 Å². The summed E-state index contributed by atoms with van der Waals surface area (Å²) in [5, 5.41) is 2.99. The topological polar surface area (TPSA) is 64.4 Å². The van der Waals surface area contributed by atoms with E-state index >= 15 is 0 Å². The van der Waals surface area contributed by atoms with Gasteiger partial charge in [-0.25, -0.2) is 0 Å². The lowest BCUT2D eigenvalue weighted by atomic mass is 10.0. The van der Waals surface area contributed by atoms with Crippen LogP contribution in [0.25, 0.3) is 0 Å². The number of benzene rings is 1. The fourth-order valence-electron chi connectivity index (χ4n) is 2.26. The molecule has 4 heteroatoms. The maximum Gasteiger partial charge on any atom is 0.220 e. The Morgan fingerprint density at radius 2 is 2.16 bits per heavy atom. The summed E-state index contributed by atoms with van der Waals surface area (Å²) in [5.41, 5.74) is 7.52. The molecule has 1 heterocycles. The van der Waals surface area contributed by atoms with Crippen LogP contribution >= 0.6 is 0 Å². The van der Waals surface area contributed by atoms with Crippen LogP contribution in [0.3, 0.4) is 0 Å². The van der Waals surface area contributed by atoms with Crippen LogP contribution in [0.2, 0.25) is 0 Å². The van der Waals surface area contributed by atoms with Crippen LogP contribution in [-0.2, 0) is 16.0 Å². The minimum Gasteiger partial charge on any atom is -0.399 e. The van der Waals surface area contributed by atoms with Crippen molar-refractivity contribution in [3.63, 3.8) is 0 Å². The molecule has 1 fully saturated rings. The third-order valence-corrected chi connectivity index (χ3v) is 3.46. The molecule has 1 saturated heterocycles. The van der Waals surface area contributed by atoms with E-state index in [1.165, 1.54) is 0 Å². The molecule has 3 N–H and O–H groups in total. The fourth-order valence-corrected chi connectivity index (χ4v) is 2.26. The van der Waals surface area contributed by atoms with Crippen LogP contribution in [0.1, 0.15) is 24.8 Å². The van der Waals surface area contributed by atoms with Crippen molar-refractivity contribution in [2.75, 3.05) is 25.5 Å². The van der Waals surface area contributed by atoms with Gasteiger partial charge < -0.3 is 15.8 Å². The molecule has 0 saturated carbocycles. The molecule has 0 bridgehead atoms. The van der Waals surface area contributed by atoms with Gasteiger partial charge in [0, 0.05) is 25.3 Å². The molecule has 2 rings (SSSR count). The van der Waals surface area contributed by atoms with Crippen molar-refractivity contribution < 1.29 is 9.53 Å². The number of rotatable bonds is 5. The monoisotopic (exact) mass is 262 g/mol. The second-order valence-electron chi connectivity index (χ2n) is 5.13. The van der Waals surface area contributed by atoms with Gasteiger partial charge in [0.2, 0.25) is 5.91 Å². The Bertz CT molecular complexity index is 397. The fraction of sp³-hybridized carbons (Fsp3) is 0.533. The molecule has 0 aromatic heterocycles. The molecular formula is C15H22N2O2. The standard InChI is InChI=1S/C15H22N2O2/c16-14-6-3-12(4-7-14)5-8-15(18)17-10-13-2-1-9-19-11-13/h3-4,6-7,13H,1-2,5,8-11,16H2,(H,17,18). The molecule has 0 radical (unpaired) electrons. The van der Waals surface area contributed by atoms with E-state index in [9.17, 15) is 4.79 Å². The molecule has 1 unspecified atom stereocenters. The Morgan fingerprint density at radius 1 is 1.37 bits per heavy atom. The molecule has 0 spiro atoms. The molecule has 104 valence electrons. The number of hydrogen-bond donors (Lipinski definition) is 2. The van der Waals surface area contributed by atoms with Crippen molar-refractivity contribution in [2.45, 2.75) is 25.7 Å². The lowest BCUT2D eigenvalue weighted by Crippen LogP contribution is -2.33. The van der Waals surface area contributed by atoms with E-state index in [4.69, 9.17) is 10.5 Å². The third kappa shape index (κ3) is 4.91. The average molecular weight is 262 g/mol.